The number of nitrogens with zero attached hydrogens (tertiary/aromatic N) is 2. The summed E-state index contributed by atoms with van der Waals surface area (Å²) in [5.41, 5.74) is 1.49. The lowest BCUT2D eigenvalue weighted by molar-refractivity contribution is -0.119. The largest absolute Gasteiger partial charge is 0.495 e. The quantitative estimate of drug-likeness (QED) is 0.358. The van der Waals surface area contributed by atoms with Crippen LogP contribution in [-0.2, 0) is 16.1 Å². The first kappa shape index (κ1) is 24.2. The first-order valence-electron chi connectivity index (χ1n) is 11.1. The molecule has 0 saturated heterocycles. The molecule has 35 heavy (non-hydrogen) atoms. The molecule has 1 atom stereocenters. The van der Waals surface area contributed by atoms with Crippen LogP contribution in [0.25, 0.3) is 10.2 Å². The molecular formula is C26H25N3O5S. The Balaban J connectivity index is 1.61. The van der Waals surface area contributed by atoms with Crippen LogP contribution in [0.15, 0.2) is 65.7 Å². The predicted molar refractivity (Wildman–Crippen MR) is 135 cm³/mol. The van der Waals surface area contributed by atoms with Gasteiger partial charge >= 0.3 is 5.97 Å². The van der Waals surface area contributed by atoms with Crippen LogP contribution in [0.4, 0.5) is 5.69 Å². The zero-order chi connectivity index (χ0) is 24.9. The lowest BCUT2D eigenvalue weighted by Crippen LogP contribution is -2.33. The van der Waals surface area contributed by atoms with E-state index in [0.29, 0.717) is 38.5 Å². The fourth-order valence-electron chi connectivity index (χ4n) is 3.81. The number of amides is 1. The molecule has 4 rings (SSSR count). The summed E-state index contributed by atoms with van der Waals surface area (Å²) >= 11 is 1.11. The van der Waals surface area contributed by atoms with Crippen molar-refractivity contribution in [2.75, 3.05) is 12.4 Å². The van der Waals surface area contributed by atoms with Gasteiger partial charge in [0.2, 0.25) is 5.91 Å². The molecule has 2 aromatic heterocycles. The second kappa shape index (κ2) is 10.5. The van der Waals surface area contributed by atoms with Gasteiger partial charge in [0.1, 0.15) is 28.1 Å². The molecular weight excluding hydrogens is 466 g/mol. The minimum Gasteiger partial charge on any atom is -0.495 e. The van der Waals surface area contributed by atoms with Gasteiger partial charge < -0.3 is 14.8 Å². The van der Waals surface area contributed by atoms with Gasteiger partial charge in [-0.1, -0.05) is 49.4 Å². The van der Waals surface area contributed by atoms with E-state index in [9.17, 15) is 14.4 Å². The van der Waals surface area contributed by atoms with Gasteiger partial charge in [0, 0.05) is 0 Å². The third-order valence-electron chi connectivity index (χ3n) is 5.66. The number of methoxy groups -OCH3 is 1. The van der Waals surface area contributed by atoms with Crippen molar-refractivity contribution in [2.45, 2.75) is 32.9 Å². The maximum Gasteiger partial charge on any atom is 0.349 e. The Morgan fingerprint density at radius 3 is 2.54 bits per heavy atom. The summed E-state index contributed by atoms with van der Waals surface area (Å²) in [6.45, 7) is 3.64. The molecule has 0 spiro atoms. The fraction of sp³-hybridized carbons (Fsp3) is 0.231. The van der Waals surface area contributed by atoms with Gasteiger partial charge in [-0.05, 0) is 36.6 Å². The number of ether oxygens (including phenoxy) is 2. The van der Waals surface area contributed by atoms with Crippen molar-refractivity contribution < 1.29 is 19.1 Å². The number of nitrogens with one attached hydrogen (secondary N) is 1. The molecule has 0 aliphatic rings. The second-order valence-electron chi connectivity index (χ2n) is 7.87. The number of aromatic nitrogens is 2. The van der Waals surface area contributed by atoms with E-state index in [0.717, 1.165) is 16.9 Å². The Hall–Kier alpha value is -3.98. The highest BCUT2D eigenvalue weighted by Gasteiger charge is 2.25. The molecule has 1 unspecified atom stereocenters. The topological polar surface area (TPSA) is 99.5 Å². The highest BCUT2D eigenvalue weighted by atomic mass is 32.1. The molecule has 0 bridgehead atoms. The summed E-state index contributed by atoms with van der Waals surface area (Å²) < 4.78 is 12.1. The van der Waals surface area contributed by atoms with E-state index in [1.807, 2.05) is 37.3 Å². The summed E-state index contributed by atoms with van der Waals surface area (Å²) in [6.07, 6.45) is 1.72. The third-order valence-corrected chi connectivity index (χ3v) is 6.84. The summed E-state index contributed by atoms with van der Waals surface area (Å²) in [5.74, 6) is -0.360. The van der Waals surface area contributed by atoms with Crippen molar-refractivity contribution in [3.63, 3.8) is 0 Å². The first-order chi connectivity index (χ1) is 16.9. The number of para-hydroxylation sites is 2. The number of esters is 1. The molecule has 4 aromatic rings. The minimum atomic E-state index is -0.794. The molecule has 1 N–H and O–H groups in total. The molecule has 2 heterocycles. The van der Waals surface area contributed by atoms with E-state index >= 15 is 0 Å². The van der Waals surface area contributed by atoms with Gasteiger partial charge in [-0.3, -0.25) is 14.2 Å². The summed E-state index contributed by atoms with van der Waals surface area (Å²) in [6, 6.07) is 15.6. The minimum absolute atomic E-state index is 0.131. The number of rotatable bonds is 8. The monoisotopic (exact) mass is 491 g/mol. The van der Waals surface area contributed by atoms with Crippen molar-refractivity contribution in [3.8, 4) is 5.75 Å². The van der Waals surface area contributed by atoms with Gasteiger partial charge in [-0.25, -0.2) is 9.78 Å². The van der Waals surface area contributed by atoms with Crippen LogP contribution in [0.3, 0.4) is 0 Å². The molecule has 0 saturated carbocycles. The van der Waals surface area contributed by atoms with Crippen LogP contribution in [0.1, 0.15) is 40.2 Å². The van der Waals surface area contributed by atoms with Gasteiger partial charge in [0.15, 0.2) is 0 Å². The number of thiophene rings is 1. The number of benzene rings is 2. The average Bonchev–Trinajstić information content (AvgIpc) is 3.22. The smallest absolute Gasteiger partial charge is 0.349 e. The van der Waals surface area contributed by atoms with Crippen LogP contribution in [0, 0.1) is 6.92 Å². The van der Waals surface area contributed by atoms with Crippen LogP contribution in [-0.4, -0.2) is 28.5 Å². The van der Waals surface area contributed by atoms with Crippen LogP contribution in [0.5, 0.6) is 5.75 Å². The summed E-state index contributed by atoms with van der Waals surface area (Å²) in [7, 11) is 1.52. The maximum atomic E-state index is 13.4. The molecule has 8 nitrogen and oxygen atoms in total. The Morgan fingerprint density at radius 1 is 1.11 bits per heavy atom. The summed E-state index contributed by atoms with van der Waals surface area (Å²) in [5, 5.41) is 3.15. The Kier molecular flexibility index (Phi) is 7.26. The van der Waals surface area contributed by atoms with E-state index in [2.05, 4.69) is 10.3 Å². The van der Waals surface area contributed by atoms with Crippen LogP contribution < -0.4 is 15.6 Å². The van der Waals surface area contributed by atoms with Gasteiger partial charge in [-0.15, -0.1) is 11.3 Å². The third kappa shape index (κ3) is 4.95. The first-order valence-corrected chi connectivity index (χ1v) is 11.9. The molecule has 9 heteroatoms. The lowest BCUT2D eigenvalue weighted by Gasteiger charge is -2.18. The van der Waals surface area contributed by atoms with E-state index in [-0.39, 0.29) is 18.1 Å². The van der Waals surface area contributed by atoms with Gasteiger partial charge in [0.05, 0.1) is 24.5 Å². The van der Waals surface area contributed by atoms with E-state index < -0.39 is 12.0 Å². The number of fused-ring (bicyclic) bond motifs is 1. The zero-order valence-corrected chi connectivity index (χ0v) is 20.4. The van der Waals surface area contributed by atoms with Gasteiger partial charge in [-0.2, -0.15) is 0 Å². The number of hydrogen-bond donors (Lipinski definition) is 1. The molecule has 2 aromatic carbocycles. The Labute approximate surface area is 206 Å². The Morgan fingerprint density at radius 2 is 1.83 bits per heavy atom. The standard InChI is InChI=1S/C26H25N3O5S/c1-4-19(23(30)28-18-12-8-9-13-20(18)33-3)29-15-27-24-21(25(29)31)16(2)22(35-24)26(32)34-14-17-10-6-5-7-11-17/h5-13,15,19H,4,14H2,1-3H3,(H,28,30). The zero-order valence-electron chi connectivity index (χ0n) is 19.6. The van der Waals surface area contributed by atoms with Crippen molar-refractivity contribution in [1.29, 1.82) is 0 Å². The average molecular weight is 492 g/mol. The van der Waals surface area contributed by atoms with Crippen molar-refractivity contribution in [1.82, 2.24) is 9.55 Å². The molecule has 180 valence electrons. The number of carbonyl (C=O) groups excluding carboxylic acids is 2. The van der Waals surface area contributed by atoms with Crippen LogP contribution in [0.2, 0.25) is 0 Å². The Bertz CT molecular complexity index is 1430. The molecule has 0 fully saturated rings. The maximum absolute atomic E-state index is 13.4. The molecule has 1 amide bonds. The second-order valence-corrected chi connectivity index (χ2v) is 8.87. The number of aryl methyl sites for hydroxylation is 1. The summed E-state index contributed by atoms with van der Waals surface area (Å²) in [4.78, 5) is 44.4. The van der Waals surface area contributed by atoms with E-state index in [4.69, 9.17) is 9.47 Å². The van der Waals surface area contributed by atoms with Gasteiger partial charge in [0.25, 0.3) is 5.56 Å². The fourth-order valence-corrected chi connectivity index (χ4v) is 4.85. The predicted octanol–water partition coefficient (Wildman–Crippen LogP) is 4.72. The van der Waals surface area contributed by atoms with Crippen LogP contribution >= 0.6 is 11.3 Å². The van der Waals surface area contributed by atoms with Crippen molar-refractivity contribution in [3.05, 3.63) is 87.3 Å². The number of carbonyl (C=O) groups is 2. The van der Waals surface area contributed by atoms with Crippen molar-refractivity contribution >= 4 is 39.1 Å². The molecule has 0 aliphatic heterocycles. The SMILES string of the molecule is CCC(C(=O)Nc1ccccc1OC)n1cnc2sc(C(=O)OCc3ccccc3)c(C)c2c1=O. The van der Waals surface area contributed by atoms with Crippen molar-refractivity contribution in [2.24, 2.45) is 0 Å². The highest BCUT2D eigenvalue weighted by Crippen LogP contribution is 2.29. The highest BCUT2D eigenvalue weighted by molar-refractivity contribution is 7.20. The molecule has 0 aliphatic carbocycles. The van der Waals surface area contributed by atoms with E-state index in [1.54, 1.807) is 31.2 Å². The number of anilines is 1. The lowest BCUT2D eigenvalue weighted by atomic mass is 10.1. The molecule has 0 radical (unpaired) electrons. The number of hydrogen-bond acceptors (Lipinski definition) is 7. The van der Waals surface area contributed by atoms with E-state index in [1.165, 1.54) is 18.0 Å². The normalized spacial score (nSPS) is 11.7.